The fourth-order valence-electron chi connectivity index (χ4n) is 1.46. The van der Waals surface area contributed by atoms with Gasteiger partial charge < -0.3 is 16.2 Å². The zero-order valence-corrected chi connectivity index (χ0v) is 11.8. The summed E-state index contributed by atoms with van der Waals surface area (Å²) in [4.78, 5) is 35.2. The van der Waals surface area contributed by atoms with Crippen molar-refractivity contribution >= 4 is 35.2 Å². The summed E-state index contributed by atoms with van der Waals surface area (Å²) in [7, 11) is 0. The highest BCUT2D eigenvalue weighted by atomic mass is 32.1. The number of carboxylic acid groups (broad SMARTS) is 1. The van der Waals surface area contributed by atoms with Crippen molar-refractivity contribution in [1.82, 2.24) is 5.32 Å². The quantitative estimate of drug-likeness (QED) is 0.649. The molecule has 0 aliphatic rings. The van der Waals surface area contributed by atoms with Crippen molar-refractivity contribution in [2.45, 2.75) is 25.8 Å². The van der Waals surface area contributed by atoms with Gasteiger partial charge in [0.15, 0.2) is 0 Å². The molecule has 0 saturated carbocycles. The van der Waals surface area contributed by atoms with E-state index in [-0.39, 0.29) is 12.8 Å². The fraction of sp³-hybridized carbons (Fsp3) is 0.308. The number of carbonyl (C=O) groups is 3. The lowest BCUT2D eigenvalue weighted by atomic mass is 10.1. The maximum atomic E-state index is 11.6. The molecule has 1 rings (SSSR count). The van der Waals surface area contributed by atoms with E-state index in [0.29, 0.717) is 0 Å². The van der Waals surface area contributed by atoms with Crippen LogP contribution in [0.1, 0.15) is 22.6 Å². The molecule has 0 saturated heterocycles. The first kappa shape index (κ1) is 15.9. The number of primary amides is 1. The highest BCUT2D eigenvalue weighted by Gasteiger charge is 2.19. The Morgan fingerprint density at radius 3 is 2.65 bits per heavy atom. The average molecular weight is 296 g/mol. The molecule has 108 valence electrons. The summed E-state index contributed by atoms with van der Waals surface area (Å²) in [5.41, 5.74) is 4.95. The highest BCUT2D eigenvalue weighted by molar-refractivity contribution is 7.12. The molecule has 0 aliphatic heterocycles. The van der Waals surface area contributed by atoms with E-state index in [1.807, 2.05) is 19.1 Å². The van der Waals surface area contributed by atoms with Gasteiger partial charge in [0.05, 0.1) is 0 Å². The van der Waals surface area contributed by atoms with Gasteiger partial charge >= 0.3 is 5.97 Å². The minimum atomic E-state index is -1.19. The van der Waals surface area contributed by atoms with E-state index in [4.69, 9.17) is 10.8 Å². The molecule has 6 nitrogen and oxygen atoms in total. The van der Waals surface area contributed by atoms with Crippen LogP contribution in [0.2, 0.25) is 0 Å². The van der Waals surface area contributed by atoms with E-state index in [0.717, 1.165) is 9.75 Å². The molecule has 1 aromatic heterocycles. The van der Waals surface area contributed by atoms with E-state index in [9.17, 15) is 14.4 Å². The number of nitrogens with two attached hydrogens (primary N) is 1. The van der Waals surface area contributed by atoms with Gasteiger partial charge in [-0.15, -0.1) is 11.3 Å². The first-order valence-electron chi connectivity index (χ1n) is 5.94. The number of hydrogen-bond donors (Lipinski definition) is 3. The summed E-state index contributed by atoms with van der Waals surface area (Å²) in [6.07, 6.45) is 2.76. The van der Waals surface area contributed by atoms with E-state index in [1.165, 1.54) is 17.4 Å². The van der Waals surface area contributed by atoms with Crippen molar-refractivity contribution in [2.75, 3.05) is 0 Å². The number of carbonyl (C=O) groups excluding carboxylic acids is 2. The average Bonchev–Trinajstić information content (AvgIpc) is 2.77. The molecule has 0 unspecified atom stereocenters. The van der Waals surface area contributed by atoms with E-state index >= 15 is 0 Å². The van der Waals surface area contributed by atoms with Crippen LogP contribution in [-0.2, 0) is 14.4 Å². The van der Waals surface area contributed by atoms with Crippen molar-refractivity contribution in [3.8, 4) is 0 Å². The molecule has 20 heavy (non-hydrogen) atoms. The van der Waals surface area contributed by atoms with Crippen LogP contribution in [-0.4, -0.2) is 28.9 Å². The van der Waals surface area contributed by atoms with Crippen LogP contribution in [0.25, 0.3) is 6.08 Å². The Balaban J connectivity index is 2.55. The summed E-state index contributed by atoms with van der Waals surface area (Å²) < 4.78 is 0. The standard InChI is InChI=1S/C13H16N2O4S/c1-8-2-3-9(20-8)4-7-12(17)15-10(13(18)19)5-6-11(14)16/h2-4,7,10H,5-6H2,1H3,(H2,14,16)(H,15,17)(H,18,19)/b7-4+/t10-/m1/s1. The van der Waals surface area contributed by atoms with Crippen molar-refractivity contribution in [3.05, 3.63) is 28.0 Å². The predicted molar refractivity (Wildman–Crippen MR) is 76.1 cm³/mol. The van der Waals surface area contributed by atoms with Crippen LogP contribution >= 0.6 is 11.3 Å². The molecule has 0 aliphatic carbocycles. The van der Waals surface area contributed by atoms with Crippen molar-refractivity contribution in [3.63, 3.8) is 0 Å². The number of amides is 2. The van der Waals surface area contributed by atoms with Gasteiger partial charge in [-0.1, -0.05) is 0 Å². The monoisotopic (exact) mass is 296 g/mol. The number of carboxylic acids is 1. The predicted octanol–water partition coefficient (Wildman–Crippen LogP) is 0.905. The molecular weight excluding hydrogens is 280 g/mol. The van der Waals surface area contributed by atoms with Crippen LogP contribution in [0.5, 0.6) is 0 Å². The normalized spacial score (nSPS) is 12.2. The van der Waals surface area contributed by atoms with Crippen LogP contribution in [0.4, 0.5) is 0 Å². The van der Waals surface area contributed by atoms with E-state index in [1.54, 1.807) is 6.08 Å². The van der Waals surface area contributed by atoms with Gasteiger partial charge in [0.2, 0.25) is 11.8 Å². The summed E-state index contributed by atoms with van der Waals surface area (Å²) in [6.45, 7) is 1.95. The number of aliphatic carboxylic acids is 1. The maximum Gasteiger partial charge on any atom is 0.326 e. The highest BCUT2D eigenvalue weighted by Crippen LogP contribution is 2.16. The third-order valence-electron chi connectivity index (χ3n) is 2.45. The number of nitrogens with one attached hydrogen (secondary N) is 1. The molecule has 0 aromatic carbocycles. The van der Waals surface area contributed by atoms with Crippen molar-refractivity contribution in [2.24, 2.45) is 5.73 Å². The summed E-state index contributed by atoms with van der Waals surface area (Å²) in [5.74, 6) is -2.32. The minimum Gasteiger partial charge on any atom is -0.480 e. The second kappa shape index (κ2) is 7.44. The Bertz CT molecular complexity index is 536. The van der Waals surface area contributed by atoms with Crippen LogP contribution in [0.3, 0.4) is 0 Å². The van der Waals surface area contributed by atoms with E-state index < -0.39 is 23.8 Å². The second-order valence-electron chi connectivity index (χ2n) is 4.19. The van der Waals surface area contributed by atoms with Gasteiger partial charge in [0.25, 0.3) is 0 Å². The van der Waals surface area contributed by atoms with Gasteiger partial charge in [-0.25, -0.2) is 4.79 Å². The molecule has 0 radical (unpaired) electrons. The zero-order valence-electron chi connectivity index (χ0n) is 11.0. The molecule has 7 heteroatoms. The van der Waals surface area contributed by atoms with E-state index in [2.05, 4.69) is 5.32 Å². The minimum absolute atomic E-state index is 0.0254. The van der Waals surface area contributed by atoms with Crippen LogP contribution in [0, 0.1) is 6.92 Å². The third kappa shape index (κ3) is 5.66. The first-order valence-corrected chi connectivity index (χ1v) is 6.76. The van der Waals surface area contributed by atoms with Crippen LogP contribution in [0.15, 0.2) is 18.2 Å². The Morgan fingerprint density at radius 2 is 2.15 bits per heavy atom. The molecule has 0 bridgehead atoms. The number of thiophene rings is 1. The molecule has 0 fully saturated rings. The number of hydrogen-bond acceptors (Lipinski definition) is 4. The lowest BCUT2D eigenvalue weighted by molar-refractivity contribution is -0.141. The summed E-state index contributed by atoms with van der Waals surface area (Å²) in [6, 6.07) is 2.67. The Hall–Kier alpha value is -2.15. The van der Waals surface area contributed by atoms with Gasteiger partial charge in [0, 0.05) is 22.3 Å². The molecule has 1 aromatic rings. The molecule has 4 N–H and O–H groups in total. The van der Waals surface area contributed by atoms with Crippen molar-refractivity contribution < 1.29 is 19.5 Å². The van der Waals surface area contributed by atoms with Gasteiger partial charge in [-0.3, -0.25) is 9.59 Å². The Morgan fingerprint density at radius 1 is 1.45 bits per heavy atom. The third-order valence-corrected chi connectivity index (χ3v) is 3.42. The molecule has 2 amide bonds. The summed E-state index contributed by atoms with van der Waals surface area (Å²) in [5, 5.41) is 11.3. The van der Waals surface area contributed by atoms with Gasteiger partial charge in [0.1, 0.15) is 6.04 Å². The Kier molecular flexibility index (Phi) is 5.92. The van der Waals surface area contributed by atoms with Crippen molar-refractivity contribution in [1.29, 1.82) is 0 Å². The maximum absolute atomic E-state index is 11.6. The lowest BCUT2D eigenvalue weighted by Crippen LogP contribution is -2.40. The smallest absolute Gasteiger partial charge is 0.326 e. The molecule has 1 heterocycles. The fourth-order valence-corrected chi connectivity index (χ4v) is 2.24. The second-order valence-corrected chi connectivity index (χ2v) is 5.51. The summed E-state index contributed by atoms with van der Waals surface area (Å²) >= 11 is 1.52. The number of aryl methyl sites for hydroxylation is 1. The van der Waals surface area contributed by atoms with Crippen LogP contribution < -0.4 is 11.1 Å². The largest absolute Gasteiger partial charge is 0.480 e. The zero-order chi connectivity index (χ0) is 15.1. The lowest BCUT2D eigenvalue weighted by Gasteiger charge is -2.11. The molecule has 0 spiro atoms. The topological polar surface area (TPSA) is 109 Å². The number of rotatable bonds is 7. The Labute approximate surface area is 120 Å². The first-order chi connectivity index (χ1) is 9.38. The van der Waals surface area contributed by atoms with Gasteiger partial charge in [-0.2, -0.15) is 0 Å². The molecule has 1 atom stereocenters. The van der Waals surface area contributed by atoms with Gasteiger partial charge in [-0.05, 0) is 31.6 Å². The molecular formula is C13H16N2O4S. The SMILES string of the molecule is Cc1ccc(/C=C/C(=O)N[C@H](CCC(N)=O)C(=O)O)s1.